The highest BCUT2D eigenvalue weighted by molar-refractivity contribution is 5.97. The molecule has 0 unspecified atom stereocenters. The first-order chi connectivity index (χ1) is 12.7. The number of nitrogens with one attached hydrogen (secondary N) is 4. The summed E-state index contributed by atoms with van der Waals surface area (Å²) in [6.07, 6.45) is 3.80. The molecule has 10 nitrogen and oxygen atoms in total. The molecule has 2 aromatic heterocycles. The lowest BCUT2D eigenvalue weighted by atomic mass is 9.99. The lowest BCUT2D eigenvalue weighted by Gasteiger charge is -2.27. The number of amides is 1. The quantitative estimate of drug-likeness (QED) is 0.551. The Hall–Kier alpha value is -3.32. The van der Waals surface area contributed by atoms with Crippen molar-refractivity contribution in [2.45, 2.75) is 6.42 Å². The van der Waals surface area contributed by atoms with E-state index >= 15 is 0 Å². The summed E-state index contributed by atoms with van der Waals surface area (Å²) < 4.78 is 0. The van der Waals surface area contributed by atoms with Gasteiger partial charge in [0.1, 0.15) is 11.9 Å². The number of hydrogen-bond acceptors (Lipinski definition) is 9. The molecule has 0 aromatic carbocycles. The fourth-order valence-corrected chi connectivity index (χ4v) is 2.42. The second-order valence-corrected chi connectivity index (χ2v) is 5.83. The van der Waals surface area contributed by atoms with E-state index < -0.39 is 0 Å². The molecule has 134 valence electrons. The third kappa shape index (κ3) is 4.20. The van der Waals surface area contributed by atoms with Gasteiger partial charge in [-0.05, 0) is 25.4 Å². The predicted octanol–water partition coefficient (Wildman–Crippen LogP) is 0.263. The average molecular weight is 353 g/mol. The van der Waals surface area contributed by atoms with Gasteiger partial charge in [-0.15, -0.1) is 10.2 Å². The largest absolute Gasteiger partial charge is 0.383 e. The molecule has 0 radical (unpaired) electrons. The Balaban J connectivity index is 1.73. The number of carbonyl (C=O) groups is 1. The molecule has 0 spiro atoms. The minimum Gasteiger partial charge on any atom is -0.383 e. The van der Waals surface area contributed by atoms with Gasteiger partial charge in [0, 0.05) is 19.7 Å². The van der Waals surface area contributed by atoms with Gasteiger partial charge in [-0.25, -0.2) is 9.97 Å². The van der Waals surface area contributed by atoms with Crippen LogP contribution in [0.2, 0.25) is 0 Å². The molecule has 0 atom stereocenters. The highest BCUT2D eigenvalue weighted by atomic mass is 16.1. The molecule has 0 aliphatic carbocycles. The van der Waals surface area contributed by atoms with E-state index in [1.807, 2.05) is 6.07 Å². The standard InChI is InChI=1S/C16H19N9O/c1-18-16(26)15-12(20-3-2-10-6-19-7-10)4-13(24-25-15)23-14-9-21-11(5-17)8-22-14/h4,8-10,19H,2-3,6-7H2,1H3,(H,18,26)(H2,20,22,23,24). The van der Waals surface area contributed by atoms with Crippen LogP contribution in [0.1, 0.15) is 22.6 Å². The zero-order chi connectivity index (χ0) is 18.4. The van der Waals surface area contributed by atoms with E-state index in [1.165, 1.54) is 12.4 Å². The molecule has 26 heavy (non-hydrogen) atoms. The molecule has 1 amide bonds. The highest BCUT2D eigenvalue weighted by Crippen LogP contribution is 2.19. The molecule has 10 heteroatoms. The number of hydrogen-bond donors (Lipinski definition) is 4. The van der Waals surface area contributed by atoms with Crippen molar-refractivity contribution in [3.8, 4) is 6.07 Å². The summed E-state index contributed by atoms with van der Waals surface area (Å²) >= 11 is 0. The molecule has 1 aliphatic heterocycles. The van der Waals surface area contributed by atoms with Crippen LogP contribution in [0.5, 0.6) is 0 Å². The van der Waals surface area contributed by atoms with Crippen LogP contribution in [0.25, 0.3) is 0 Å². The molecule has 0 saturated carbocycles. The zero-order valence-electron chi connectivity index (χ0n) is 14.3. The number of rotatable bonds is 7. The smallest absolute Gasteiger partial charge is 0.273 e. The number of nitriles is 1. The fraction of sp³-hybridized carbons (Fsp3) is 0.375. The van der Waals surface area contributed by atoms with Crippen LogP contribution in [-0.4, -0.2) is 52.8 Å². The summed E-state index contributed by atoms with van der Waals surface area (Å²) in [5.41, 5.74) is 1.05. The van der Waals surface area contributed by atoms with Crippen LogP contribution in [0.4, 0.5) is 17.3 Å². The Bertz CT molecular complexity index is 811. The van der Waals surface area contributed by atoms with Crippen LogP contribution in [0.3, 0.4) is 0 Å². The second kappa shape index (κ2) is 8.17. The number of carbonyl (C=O) groups excluding carboxylic acids is 1. The molecule has 4 N–H and O–H groups in total. The summed E-state index contributed by atoms with van der Waals surface area (Å²) in [6, 6.07) is 3.61. The maximum atomic E-state index is 12.0. The first-order valence-electron chi connectivity index (χ1n) is 8.23. The van der Waals surface area contributed by atoms with Gasteiger partial charge in [0.15, 0.2) is 17.2 Å². The minimum atomic E-state index is -0.310. The Labute approximate surface area is 150 Å². The number of aromatic nitrogens is 4. The second-order valence-electron chi connectivity index (χ2n) is 5.83. The number of anilines is 3. The van der Waals surface area contributed by atoms with Gasteiger partial charge < -0.3 is 21.3 Å². The van der Waals surface area contributed by atoms with Gasteiger partial charge in [-0.2, -0.15) is 5.26 Å². The van der Waals surface area contributed by atoms with Crippen molar-refractivity contribution in [3.05, 3.63) is 29.8 Å². The summed E-state index contributed by atoms with van der Waals surface area (Å²) in [6.45, 7) is 2.80. The summed E-state index contributed by atoms with van der Waals surface area (Å²) in [5.74, 6) is 1.20. The van der Waals surface area contributed by atoms with Crippen molar-refractivity contribution in [2.24, 2.45) is 5.92 Å². The van der Waals surface area contributed by atoms with Crippen LogP contribution in [0.15, 0.2) is 18.5 Å². The van der Waals surface area contributed by atoms with Gasteiger partial charge in [0.2, 0.25) is 0 Å². The van der Waals surface area contributed by atoms with Crippen molar-refractivity contribution in [3.63, 3.8) is 0 Å². The van der Waals surface area contributed by atoms with E-state index in [9.17, 15) is 4.79 Å². The molecule has 3 heterocycles. The topological polar surface area (TPSA) is 141 Å². The Kier molecular flexibility index (Phi) is 5.50. The predicted molar refractivity (Wildman–Crippen MR) is 94.9 cm³/mol. The summed E-state index contributed by atoms with van der Waals surface area (Å²) in [7, 11) is 1.55. The molecular weight excluding hydrogens is 334 g/mol. The first kappa shape index (κ1) is 17.5. The van der Waals surface area contributed by atoms with E-state index in [2.05, 4.69) is 41.4 Å². The fourth-order valence-electron chi connectivity index (χ4n) is 2.42. The monoisotopic (exact) mass is 353 g/mol. The van der Waals surface area contributed by atoms with Crippen LogP contribution >= 0.6 is 0 Å². The molecule has 2 aromatic rings. The summed E-state index contributed by atoms with van der Waals surface area (Å²) in [5, 5.41) is 28.8. The summed E-state index contributed by atoms with van der Waals surface area (Å²) in [4.78, 5) is 20.0. The van der Waals surface area contributed by atoms with E-state index in [0.29, 0.717) is 23.2 Å². The molecule has 3 rings (SSSR count). The lowest BCUT2D eigenvalue weighted by Crippen LogP contribution is -2.42. The van der Waals surface area contributed by atoms with Gasteiger partial charge in [-0.1, -0.05) is 0 Å². The van der Waals surface area contributed by atoms with Gasteiger partial charge >= 0.3 is 0 Å². The van der Waals surface area contributed by atoms with Crippen molar-refractivity contribution in [1.82, 2.24) is 30.8 Å². The maximum Gasteiger partial charge on any atom is 0.273 e. The Morgan fingerprint density at radius 1 is 1.31 bits per heavy atom. The highest BCUT2D eigenvalue weighted by Gasteiger charge is 2.18. The normalized spacial score (nSPS) is 13.4. The molecule has 0 bridgehead atoms. The van der Waals surface area contributed by atoms with Crippen LogP contribution in [-0.2, 0) is 0 Å². The SMILES string of the molecule is CNC(=O)c1nnc(Nc2cnc(C#N)cn2)cc1NCCC1CNC1. The van der Waals surface area contributed by atoms with Gasteiger partial charge in [0.25, 0.3) is 5.91 Å². The third-order valence-corrected chi connectivity index (χ3v) is 3.99. The van der Waals surface area contributed by atoms with E-state index in [-0.39, 0.29) is 17.3 Å². The third-order valence-electron chi connectivity index (χ3n) is 3.99. The van der Waals surface area contributed by atoms with Crippen molar-refractivity contribution >= 4 is 23.2 Å². The minimum absolute atomic E-state index is 0.226. The van der Waals surface area contributed by atoms with Crippen molar-refractivity contribution < 1.29 is 4.79 Å². The van der Waals surface area contributed by atoms with Crippen molar-refractivity contribution in [2.75, 3.05) is 37.3 Å². The van der Waals surface area contributed by atoms with E-state index in [1.54, 1.807) is 13.1 Å². The average Bonchev–Trinajstić information content (AvgIpc) is 2.64. The first-order valence-corrected chi connectivity index (χ1v) is 8.23. The zero-order valence-corrected chi connectivity index (χ0v) is 14.3. The maximum absolute atomic E-state index is 12.0. The molecule has 1 saturated heterocycles. The molecule has 1 fully saturated rings. The van der Waals surface area contributed by atoms with Crippen LogP contribution in [0, 0.1) is 17.2 Å². The van der Waals surface area contributed by atoms with Crippen LogP contribution < -0.4 is 21.3 Å². The Morgan fingerprint density at radius 2 is 2.15 bits per heavy atom. The molecule has 1 aliphatic rings. The van der Waals surface area contributed by atoms with E-state index in [4.69, 9.17) is 5.26 Å². The van der Waals surface area contributed by atoms with Gasteiger partial charge in [-0.3, -0.25) is 4.79 Å². The Morgan fingerprint density at radius 3 is 2.77 bits per heavy atom. The molecular formula is C16H19N9O. The lowest BCUT2D eigenvalue weighted by molar-refractivity contribution is 0.0958. The van der Waals surface area contributed by atoms with E-state index in [0.717, 1.165) is 26.1 Å². The van der Waals surface area contributed by atoms with Crippen molar-refractivity contribution in [1.29, 1.82) is 5.26 Å². The van der Waals surface area contributed by atoms with Gasteiger partial charge in [0.05, 0.1) is 18.1 Å². The number of nitrogens with zero attached hydrogens (tertiary/aromatic N) is 5.